The molecule has 0 bridgehead atoms. The third-order valence-corrected chi connectivity index (χ3v) is 4.15. The number of ether oxygens (including phenoxy) is 2. The average Bonchev–Trinajstić information content (AvgIpc) is 2.77. The number of imide groups is 1. The molecule has 1 aromatic rings. The van der Waals surface area contributed by atoms with E-state index in [-0.39, 0.29) is 16.9 Å². The normalized spacial score (nSPS) is 17.3. The Kier molecular flexibility index (Phi) is 5.50. The molecule has 2 amide bonds. The molecule has 128 valence electrons. The van der Waals surface area contributed by atoms with Crippen LogP contribution in [0.5, 0.6) is 11.5 Å². The van der Waals surface area contributed by atoms with Gasteiger partial charge in [-0.05, 0) is 49.4 Å². The lowest BCUT2D eigenvalue weighted by Gasteiger charge is -2.18. The number of nitrogens with zero attached hydrogens (tertiary/aromatic N) is 1. The van der Waals surface area contributed by atoms with Crippen LogP contribution in [-0.4, -0.2) is 41.8 Å². The molecule has 0 N–H and O–H groups in total. The van der Waals surface area contributed by atoms with Crippen LogP contribution < -0.4 is 14.6 Å². The molecule has 8 heteroatoms. The Balaban J connectivity index is 2.30. The lowest BCUT2D eigenvalue weighted by atomic mass is 10.2. The fourth-order valence-electron chi connectivity index (χ4n) is 1.92. The Morgan fingerprint density at radius 2 is 2.08 bits per heavy atom. The van der Waals surface area contributed by atoms with Gasteiger partial charge in [0.25, 0.3) is 11.1 Å². The van der Waals surface area contributed by atoms with Crippen molar-refractivity contribution in [3.8, 4) is 11.5 Å². The molecule has 1 aliphatic heterocycles. The number of carbonyl (C=O) groups is 3. The Hall–Kier alpha value is -2.48. The number of benzene rings is 1. The van der Waals surface area contributed by atoms with Crippen molar-refractivity contribution in [3.63, 3.8) is 0 Å². The number of aliphatic carboxylic acids is 1. The molecule has 7 nitrogen and oxygen atoms in total. The molecule has 1 aliphatic rings. The first kappa shape index (κ1) is 17.9. The second-order valence-corrected chi connectivity index (χ2v) is 5.95. The van der Waals surface area contributed by atoms with Crippen molar-refractivity contribution in [1.29, 1.82) is 0 Å². The minimum absolute atomic E-state index is 0.259. The van der Waals surface area contributed by atoms with Crippen molar-refractivity contribution in [1.82, 2.24) is 4.90 Å². The highest BCUT2D eigenvalue weighted by Crippen LogP contribution is 2.34. The molecule has 2 rings (SSSR count). The molecule has 1 saturated heterocycles. The largest absolute Gasteiger partial charge is 0.546 e. The molecule has 0 spiro atoms. The van der Waals surface area contributed by atoms with E-state index in [1.807, 2.05) is 0 Å². The molecule has 1 atom stereocenters. The van der Waals surface area contributed by atoms with Crippen molar-refractivity contribution in [3.05, 3.63) is 28.7 Å². The minimum Gasteiger partial charge on any atom is -0.546 e. The van der Waals surface area contributed by atoms with E-state index in [1.165, 1.54) is 14.0 Å². The van der Waals surface area contributed by atoms with Gasteiger partial charge in [-0.25, -0.2) is 0 Å². The van der Waals surface area contributed by atoms with Gasteiger partial charge in [0.2, 0.25) is 0 Å². The van der Waals surface area contributed by atoms with Crippen LogP contribution in [0.2, 0.25) is 0 Å². The summed E-state index contributed by atoms with van der Waals surface area (Å²) in [6.07, 6.45) is 0.440. The second-order valence-electron chi connectivity index (χ2n) is 4.96. The Morgan fingerprint density at radius 3 is 2.62 bits per heavy atom. The summed E-state index contributed by atoms with van der Waals surface area (Å²) in [6, 6.07) is 4.81. The summed E-state index contributed by atoms with van der Waals surface area (Å²) >= 11 is 0.855. The number of hydrogen-bond donors (Lipinski definition) is 0. The monoisotopic (exact) mass is 350 g/mol. The smallest absolute Gasteiger partial charge is 0.293 e. The summed E-state index contributed by atoms with van der Waals surface area (Å²) in [5.41, 5.74) is 0.630. The standard InChI is InChI=1S/C16H17NO6S/c1-4-22-12-7-10(5-6-11(12)23-9(2)15(19)20)8-13-14(18)17(3)16(21)24-13/h5-9H,4H2,1-3H3,(H,19,20)/p-1/b13-8+/t9-/m1/s1. The van der Waals surface area contributed by atoms with Crippen LogP contribution in [0, 0.1) is 0 Å². The van der Waals surface area contributed by atoms with Gasteiger partial charge in [-0.1, -0.05) is 6.07 Å². The van der Waals surface area contributed by atoms with Gasteiger partial charge < -0.3 is 19.4 Å². The Labute approximate surface area is 143 Å². The number of carboxylic acid groups (broad SMARTS) is 1. The van der Waals surface area contributed by atoms with Crippen LogP contribution in [0.15, 0.2) is 23.1 Å². The molecular formula is C16H16NO6S-. The highest BCUT2D eigenvalue weighted by Gasteiger charge is 2.31. The molecule has 0 aromatic heterocycles. The van der Waals surface area contributed by atoms with E-state index in [0.29, 0.717) is 22.8 Å². The van der Waals surface area contributed by atoms with E-state index in [4.69, 9.17) is 9.47 Å². The summed E-state index contributed by atoms with van der Waals surface area (Å²) in [6.45, 7) is 3.49. The summed E-state index contributed by atoms with van der Waals surface area (Å²) in [5, 5.41) is 10.5. The minimum atomic E-state index is -1.34. The molecule has 1 fully saturated rings. The van der Waals surface area contributed by atoms with Crippen molar-refractivity contribution in [2.24, 2.45) is 0 Å². The summed E-state index contributed by atoms with van der Waals surface area (Å²) < 4.78 is 10.8. The van der Waals surface area contributed by atoms with E-state index in [2.05, 4.69) is 0 Å². The van der Waals surface area contributed by atoms with Gasteiger partial charge in [0.05, 0.1) is 17.5 Å². The maximum Gasteiger partial charge on any atom is 0.293 e. The second kappa shape index (κ2) is 7.39. The van der Waals surface area contributed by atoms with Crippen molar-refractivity contribution in [2.75, 3.05) is 13.7 Å². The molecule has 0 saturated carbocycles. The van der Waals surface area contributed by atoms with Crippen LogP contribution in [0.4, 0.5) is 4.79 Å². The fourth-order valence-corrected chi connectivity index (χ4v) is 2.74. The molecule has 24 heavy (non-hydrogen) atoms. The zero-order valence-electron chi connectivity index (χ0n) is 13.4. The van der Waals surface area contributed by atoms with Crippen molar-refractivity contribution in [2.45, 2.75) is 20.0 Å². The highest BCUT2D eigenvalue weighted by molar-refractivity contribution is 8.18. The number of hydrogen-bond acceptors (Lipinski definition) is 7. The molecule has 0 unspecified atom stereocenters. The summed E-state index contributed by atoms with van der Waals surface area (Å²) in [4.78, 5) is 35.6. The van der Waals surface area contributed by atoms with Gasteiger partial charge in [0, 0.05) is 7.05 Å². The number of likely N-dealkylation sites (N-methyl/N-ethyl adjacent to an activating group) is 1. The third-order valence-electron chi connectivity index (χ3n) is 3.19. The molecule has 1 heterocycles. The molecule has 1 aromatic carbocycles. The number of amides is 2. The zero-order chi connectivity index (χ0) is 17.9. The van der Waals surface area contributed by atoms with E-state index >= 15 is 0 Å². The van der Waals surface area contributed by atoms with Crippen LogP contribution in [0.25, 0.3) is 6.08 Å². The number of thioether (sulfide) groups is 1. The first-order valence-electron chi connectivity index (χ1n) is 7.19. The fraction of sp³-hybridized carbons (Fsp3) is 0.312. The van der Waals surface area contributed by atoms with E-state index in [9.17, 15) is 19.5 Å². The topological polar surface area (TPSA) is 96.0 Å². The van der Waals surface area contributed by atoms with Crippen molar-refractivity contribution < 1.29 is 29.0 Å². The zero-order valence-corrected chi connectivity index (χ0v) is 14.2. The van der Waals surface area contributed by atoms with Gasteiger partial charge >= 0.3 is 0 Å². The SMILES string of the molecule is CCOc1cc(/C=C2/SC(=O)N(C)C2=O)ccc1O[C@H](C)C(=O)[O-]. The lowest BCUT2D eigenvalue weighted by Crippen LogP contribution is -2.37. The van der Waals surface area contributed by atoms with Gasteiger partial charge in [0.15, 0.2) is 11.5 Å². The van der Waals surface area contributed by atoms with Gasteiger partial charge in [-0.15, -0.1) is 0 Å². The maximum atomic E-state index is 11.9. The van der Waals surface area contributed by atoms with E-state index < -0.39 is 12.1 Å². The quantitative estimate of drug-likeness (QED) is 0.713. The number of carboxylic acids is 1. The maximum absolute atomic E-state index is 11.9. The number of carbonyl (C=O) groups excluding carboxylic acids is 3. The third kappa shape index (κ3) is 3.88. The van der Waals surface area contributed by atoms with E-state index in [1.54, 1.807) is 31.2 Å². The average molecular weight is 350 g/mol. The first-order valence-corrected chi connectivity index (χ1v) is 8.01. The van der Waals surface area contributed by atoms with Gasteiger partial charge in [-0.2, -0.15) is 0 Å². The van der Waals surface area contributed by atoms with Gasteiger partial charge in [-0.3, -0.25) is 14.5 Å². The van der Waals surface area contributed by atoms with Crippen LogP contribution in [-0.2, 0) is 9.59 Å². The first-order chi connectivity index (χ1) is 11.3. The predicted octanol–water partition coefficient (Wildman–Crippen LogP) is 1.27. The van der Waals surface area contributed by atoms with E-state index in [0.717, 1.165) is 16.7 Å². The summed E-state index contributed by atoms with van der Waals surface area (Å²) in [5.74, 6) is -1.10. The lowest BCUT2D eigenvalue weighted by molar-refractivity contribution is -0.312. The Morgan fingerprint density at radius 1 is 1.38 bits per heavy atom. The van der Waals surface area contributed by atoms with Crippen LogP contribution in [0.1, 0.15) is 19.4 Å². The molecule has 0 aliphatic carbocycles. The summed E-state index contributed by atoms with van der Waals surface area (Å²) in [7, 11) is 1.42. The van der Waals surface area contributed by atoms with Crippen molar-refractivity contribution >= 4 is 35.0 Å². The molecule has 0 radical (unpaired) electrons. The number of rotatable bonds is 6. The van der Waals surface area contributed by atoms with Crippen LogP contribution in [0.3, 0.4) is 0 Å². The van der Waals surface area contributed by atoms with Gasteiger partial charge in [0.1, 0.15) is 6.10 Å². The van der Waals surface area contributed by atoms with Crippen LogP contribution >= 0.6 is 11.8 Å². The highest BCUT2D eigenvalue weighted by atomic mass is 32.2. The molecular weight excluding hydrogens is 334 g/mol. The predicted molar refractivity (Wildman–Crippen MR) is 86.4 cm³/mol. The Bertz CT molecular complexity index is 715.